The molecule has 1 aromatic rings. The molecule has 0 aliphatic carbocycles. The van der Waals surface area contributed by atoms with E-state index in [1.165, 1.54) is 21.3 Å². The van der Waals surface area contributed by atoms with Gasteiger partial charge in [-0.15, -0.1) is 12.4 Å². The molecule has 0 spiro atoms. The maximum atomic E-state index is 11.8. The molecule has 0 saturated carbocycles. The van der Waals surface area contributed by atoms with Crippen LogP contribution in [0, 0.1) is 0 Å². The minimum Gasteiger partial charge on any atom is -0.495 e. The van der Waals surface area contributed by atoms with Crippen LogP contribution in [0.4, 0.5) is 5.69 Å². The molecular formula is C12H18Cl2N2O4. The summed E-state index contributed by atoms with van der Waals surface area (Å²) in [6, 6.07) is 2.35. The zero-order valence-electron chi connectivity index (χ0n) is 11.4. The second-order valence-electron chi connectivity index (χ2n) is 3.74. The summed E-state index contributed by atoms with van der Waals surface area (Å²) in [5, 5.41) is 3.03. The summed E-state index contributed by atoms with van der Waals surface area (Å²) in [4.78, 5) is 11.8. The van der Waals surface area contributed by atoms with Crippen LogP contribution in [0.5, 0.6) is 11.5 Å². The SMILES string of the molecule is COCC(N)C(=O)Nc1cc(OC)c(Cl)cc1OC.Cl. The molecule has 0 fully saturated rings. The highest BCUT2D eigenvalue weighted by Crippen LogP contribution is 2.35. The monoisotopic (exact) mass is 324 g/mol. The Morgan fingerprint density at radius 1 is 1.30 bits per heavy atom. The lowest BCUT2D eigenvalue weighted by molar-refractivity contribution is -0.118. The molecule has 6 nitrogen and oxygen atoms in total. The van der Waals surface area contributed by atoms with Crippen LogP contribution in [0.1, 0.15) is 0 Å². The molecule has 114 valence electrons. The van der Waals surface area contributed by atoms with Gasteiger partial charge in [-0.25, -0.2) is 0 Å². The standard InChI is InChI=1S/C12H17ClN2O4.ClH/c1-17-6-8(14)12(16)15-9-5-10(18-2)7(13)4-11(9)19-3;/h4-5,8H,6,14H2,1-3H3,(H,15,16);1H. The smallest absolute Gasteiger partial charge is 0.243 e. The molecule has 1 aromatic carbocycles. The van der Waals surface area contributed by atoms with Crippen LogP contribution in [0.25, 0.3) is 0 Å². The Morgan fingerprint density at radius 3 is 2.40 bits per heavy atom. The summed E-state index contributed by atoms with van der Waals surface area (Å²) >= 11 is 5.97. The molecule has 0 heterocycles. The van der Waals surface area contributed by atoms with Crippen molar-refractivity contribution in [2.45, 2.75) is 6.04 Å². The van der Waals surface area contributed by atoms with E-state index in [0.29, 0.717) is 22.2 Å². The number of carbonyl (C=O) groups is 1. The van der Waals surface area contributed by atoms with Crippen LogP contribution in [0.3, 0.4) is 0 Å². The zero-order chi connectivity index (χ0) is 14.4. The van der Waals surface area contributed by atoms with Crippen molar-refractivity contribution in [2.75, 3.05) is 33.3 Å². The first kappa shape index (κ1) is 18.8. The van der Waals surface area contributed by atoms with Gasteiger partial charge in [0, 0.05) is 19.2 Å². The van der Waals surface area contributed by atoms with E-state index in [-0.39, 0.29) is 24.9 Å². The van der Waals surface area contributed by atoms with Gasteiger partial charge >= 0.3 is 0 Å². The topological polar surface area (TPSA) is 82.8 Å². The van der Waals surface area contributed by atoms with Gasteiger partial charge in [0.1, 0.15) is 17.5 Å². The fourth-order valence-electron chi connectivity index (χ4n) is 1.44. The van der Waals surface area contributed by atoms with E-state index in [4.69, 9.17) is 31.5 Å². The zero-order valence-corrected chi connectivity index (χ0v) is 13.0. The number of amides is 1. The predicted octanol–water partition coefficient (Wildman–Crippen LogP) is 1.69. The van der Waals surface area contributed by atoms with E-state index >= 15 is 0 Å². The number of anilines is 1. The van der Waals surface area contributed by atoms with E-state index < -0.39 is 6.04 Å². The first-order valence-corrected chi connectivity index (χ1v) is 5.88. The van der Waals surface area contributed by atoms with Gasteiger partial charge in [-0.3, -0.25) is 4.79 Å². The highest BCUT2D eigenvalue weighted by Gasteiger charge is 2.17. The van der Waals surface area contributed by atoms with Crippen molar-refractivity contribution < 1.29 is 19.0 Å². The van der Waals surface area contributed by atoms with Crippen molar-refractivity contribution in [1.29, 1.82) is 0 Å². The van der Waals surface area contributed by atoms with E-state index in [1.54, 1.807) is 12.1 Å². The minimum absolute atomic E-state index is 0. The first-order chi connectivity index (χ1) is 9.03. The summed E-state index contributed by atoms with van der Waals surface area (Å²) in [6.45, 7) is 0.124. The van der Waals surface area contributed by atoms with Gasteiger partial charge in [-0.2, -0.15) is 0 Å². The Balaban J connectivity index is 0.00000361. The lowest BCUT2D eigenvalue weighted by Crippen LogP contribution is -2.39. The molecular weight excluding hydrogens is 307 g/mol. The fraction of sp³-hybridized carbons (Fsp3) is 0.417. The normalized spacial score (nSPS) is 11.2. The highest BCUT2D eigenvalue weighted by atomic mass is 35.5. The number of benzene rings is 1. The molecule has 1 unspecified atom stereocenters. The van der Waals surface area contributed by atoms with Crippen LogP contribution in [0.2, 0.25) is 5.02 Å². The van der Waals surface area contributed by atoms with Gasteiger partial charge in [0.05, 0.1) is 31.5 Å². The van der Waals surface area contributed by atoms with Crippen molar-refractivity contribution in [3.8, 4) is 11.5 Å². The second-order valence-corrected chi connectivity index (χ2v) is 4.15. The third-order valence-electron chi connectivity index (χ3n) is 2.41. The minimum atomic E-state index is -0.767. The quantitative estimate of drug-likeness (QED) is 0.832. The Labute approximate surface area is 128 Å². The fourth-order valence-corrected chi connectivity index (χ4v) is 1.67. The number of carbonyl (C=O) groups excluding carboxylic acids is 1. The second kappa shape index (κ2) is 8.86. The molecule has 0 radical (unpaired) electrons. The third-order valence-corrected chi connectivity index (χ3v) is 2.71. The number of nitrogens with one attached hydrogen (secondary N) is 1. The summed E-state index contributed by atoms with van der Waals surface area (Å²) in [5.41, 5.74) is 6.06. The van der Waals surface area contributed by atoms with Crippen LogP contribution in [-0.4, -0.2) is 39.9 Å². The summed E-state index contributed by atoms with van der Waals surface area (Å²) in [7, 11) is 4.43. The Hall–Kier alpha value is -1.21. The van der Waals surface area contributed by atoms with Crippen molar-refractivity contribution in [2.24, 2.45) is 5.73 Å². The molecule has 0 bridgehead atoms. The number of rotatable bonds is 6. The maximum Gasteiger partial charge on any atom is 0.243 e. The van der Waals surface area contributed by atoms with E-state index in [1.807, 2.05) is 0 Å². The molecule has 1 atom stereocenters. The van der Waals surface area contributed by atoms with Crippen LogP contribution in [0.15, 0.2) is 12.1 Å². The Kier molecular flexibility index (Phi) is 8.33. The third kappa shape index (κ3) is 4.72. The van der Waals surface area contributed by atoms with Crippen LogP contribution in [-0.2, 0) is 9.53 Å². The number of nitrogens with two attached hydrogens (primary N) is 1. The van der Waals surface area contributed by atoms with E-state index in [0.717, 1.165) is 0 Å². The molecule has 0 aromatic heterocycles. The maximum absolute atomic E-state index is 11.8. The predicted molar refractivity (Wildman–Crippen MR) is 80.3 cm³/mol. The molecule has 8 heteroatoms. The number of methoxy groups -OCH3 is 3. The lowest BCUT2D eigenvalue weighted by atomic mass is 10.2. The van der Waals surface area contributed by atoms with Crippen LogP contribution < -0.4 is 20.5 Å². The highest BCUT2D eigenvalue weighted by molar-refractivity contribution is 6.32. The van der Waals surface area contributed by atoms with Crippen molar-refractivity contribution in [3.63, 3.8) is 0 Å². The molecule has 1 rings (SSSR count). The lowest BCUT2D eigenvalue weighted by Gasteiger charge is -2.15. The van der Waals surface area contributed by atoms with Crippen molar-refractivity contribution in [3.05, 3.63) is 17.2 Å². The summed E-state index contributed by atoms with van der Waals surface area (Å²) < 4.78 is 15.0. The van der Waals surface area contributed by atoms with Gasteiger partial charge in [0.25, 0.3) is 0 Å². The van der Waals surface area contributed by atoms with Gasteiger partial charge in [-0.05, 0) is 0 Å². The van der Waals surface area contributed by atoms with Crippen LogP contribution >= 0.6 is 24.0 Å². The number of ether oxygens (including phenoxy) is 3. The molecule has 0 aliphatic heterocycles. The van der Waals surface area contributed by atoms with Crippen molar-refractivity contribution >= 4 is 35.6 Å². The Bertz CT molecular complexity index is 457. The van der Waals surface area contributed by atoms with Gasteiger partial charge < -0.3 is 25.3 Å². The van der Waals surface area contributed by atoms with E-state index in [2.05, 4.69) is 5.32 Å². The van der Waals surface area contributed by atoms with Crippen molar-refractivity contribution in [1.82, 2.24) is 0 Å². The molecule has 3 N–H and O–H groups in total. The number of hydrogen-bond acceptors (Lipinski definition) is 5. The van der Waals surface area contributed by atoms with Gasteiger partial charge in [0.2, 0.25) is 5.91 Å². The summed E-state index contributed by atoms with van der Waals surface area (Å²) in [6.07, 6.45) is 0. The number of halogens is 2. The average molecular weight is 325 g/mol. The van der Waals surface area contributed by atoms with Gasteiger partial charge in [-0.1, -0.05) is 11.6 Å². The molecule has 20 heavy (non-hydrogen) atoms. The molecule has 1 amide bonds. The average Bonchev–Trinajstić information content (AvgIpc) is 2.40. The first-order valence-electron chi connectivity index (χ1n) is 5.50. The van der Waals surface area contributed by atoms with Gasteiger partial charge in [0.15, 0.2) is 0 Å². The summed E-state index contributed by atoms with van der Waals surface area (Å²) in [5.74, 6) is 0.464. The largest absolute Gasteiger partial charge is 0.495 e. The number of hydrogen-bond donors (Lipinski definition) is 2. The Morgan fingerprint density at radius 2 is 1.90 bits per heavy atom. The van der Waals surface area contributed by atoms with E-state index in [9.17, 15) is 4.79 Å². The molecule has 0 saturated heterocycles. The molecule has 0 aliphatic rings.